The van der Waals surface area contributed by atoms with Crippen molar-refractivity contribution in [3.8, 4) is 0 Å². The number of ether oxygens (including phenoxy) is 8. The van der Waals surface area contributed by atoms with E-state index in [1.165, 1.54) is 10.9 Å². The van der Waals surface area contributed by atoms with Crippen molar-refractivity contribution in [2.45, 2.75) is 82.6 Å². The maximum absolute atomic E-state index is 13.6. The van der Waals surface area contributed by atoms with E-state index in [0.717, 1.165) is 0 Å². The van der Waals surface area contributed by atoms with Crippen molar-refractivity contribution in [2.75, 3.05) is 18.5 Å². The van der Waals surface area contributed by atoms with Gasteiger partial charge < -0.3 is 37.9 Å². The summed E-state index contributed by atoms with van der Waals surface area (Å²) in [5, 5.41) is 2.61. The molecule has 1 amide bonds. The molecule has 0 saturated carbocycles. The predicted octanol–water partition coefficient (Wildman–Crippen LogP) is 4.18. The van der Waals surface area contributed by atoms with Gasteiger partial charge in [0, 0.05) is 5.92 Å². The maximum Gasteiger partial charge on any atom is 0.338 e. The number of amides is 1. The molecular weight excluding hydrogens is 794 g/mol. The van der Waals surface area contributed by atoms with Crippen LogP contribution in [-0.4, -0.2) is 105 Å². The van der Waals surface area contributed by atoms with Gasteiger partial charge in [-0.2, -0.15) is 4.98 Å². The molecule has 3 saturated heterocycles. The van der Waals surface area contributed by atoms with E-state index in [1.54, 1.807) is 119 Å². The third kappa shape index (κ3) is 8.94. The summed E-state index contributed by atoms with van der Waals surface area (Å²) in [5.41, 5.74) is 0.244. The van der Waals surface area contributed by atoms with Gasteiger partial charge in [0.05, 0.1) is 29.6 Å². The van der Waals surface area contributed by atoms with Crippen LogP contribution in [0.2, 0.25) is 0 Å². The van der Waals surface area contributed by atoms with Gasteiger partial charge in [0.1, 0.15) is 31.0 Å². The first-order valence-electron chi connectivity index (χ1n) is 19.7. The molecule has 8 atom stereocenters. The van der Waals surface area contributed by atoms with Crippen LogP contribution in [-0.2, 0) is 42.7 Å². The SMILES string of the molecule is CC(C)C(=O)Nc1nc2c(ncn2[C@@H]2O[C@H](CO[C@@H]3O[C@H](COC(=O)c4ccccc4)[C@@H](OC(=O)c4ccccc4)[C@H]3OC(=O)c3ccccc3)[C@H]3OC(C)(C)O[C@H]32)c(=O)[nH]1. The van der Waals surface area contributed by atoms with Crippen LogP contribution in [0, 0.1) is 5.92 Å². The molecule has 0 spiro atoms. The fraction of sp³-hybridized carbons (Fsp3) is 0.372. The molecule has 61 heavy (non-hydrogen) atoms. The lowest BCUT2D eigenvalue weighted by atomic mass is 10.1. The minimum atomic E-state index is -1.39. The van der Waals surface area contributed by atoms with E-state index in [-0.39, 0.29) is 52.2 Å². The van der Waals surface area contributed by atoms with Gasteiger partial charge in [-0.1, -0.05) is 68.4 Å². The highest BCUT2D eigenvalue weighted by Crippen LogP contribution is 2.44. The standard InChI is InChI=1S/C43H43N5O13/c1-23(2)35(49)46-42-45-34-29(36(50)47-42)44-22-48(34)37-32-31(60-43(3,4)61-32)28(56-37)21-55-41-33(59-40(53)26-18-12-7-13-19-26)30(58-39(52)25-16-10-6-11-17-25)27(57-41)20-54-38(51)24-14-8-5-9-15-24/h5-19,22-23,27-28,30-33,37,41H,20-21H2,1-4H3,(H2,45,46,47,49,50)/t27-,28-,30-,31-,32-,33-,37-,41-/m1/s1. The molecule has 18 nitrogen and oxygen atoms in total. The van der Waals surface area contributed by atoms with E-state index < -0.39 is 85.0 Å². The number of H-pyrrole nitrogens is 1. The second-order valence-corrected chi connectivity index (χ2v) is 15.3. The van der Waals surface area contributed by atoms with Crippen molar-refractivity contribution in [2.24, 2.45) is 5.92 Å². The normalized spacial score (nSPS) is 25.3. The Balaban J connectivity index is 1.08. The molecule has 0 unspecified atom stereocenters. The summed E-state index contributed by atoms with van der Waals surface area (Å²) in [6.07, 6.45) is -7.21. The molecule has 0 radical (unpaired) electrons. The molecule has 318 valence electrons. The van der Waals surface area contributed by atoms with Gasteiger partial charge in [-0.25, -0.2) is 19.4 Å². The first kappa shape index (κ1) is 41.4. The summed E-state index contributed by atoms with van der Waals surface area (Å²) in [6.45, 7) is 6.23. The average Bonchev–Trinajstić information content (AvgIpc) is 4.00. The quantitative estimate of drug-likeness (QED) is 0.126. The lowest BCUT2D eigenvalue weighted by Gasteiger charge is -2.26. The Kier molecular flexibility index (Phi) is 11.8. The monoisotopic (exact) mass is 837 g/mol. The van der Waals surface area contributed by atoms with Crippen LogP contribution in [0.5, 0.6) is 0 Å². The number of benzene rings is 3. The van der Waals surface area contributed by atoms with Gasteiger partial charge in [-0.3, -0.25) is 24.5 Å². The van der Waals surface area contributed by atoms with Gasteiger partial charge in [0.2, 0.25) is 11.9 Å². The number of hydrogen-bond acceptors (Lipinski definition) is 15. The van der Waals surface area contributed by atoms with Crippen LogP contribution in [0.4, 0.5) is 5.95 Å². The highest BCUT2D eigenvalue weighted by atomic mass is 16.8. The number of carbonyl (C=O) groups is 4. The van der Waals surface area contributed by atoms with E-state index in [2.05, 4.69) is 20.3 Å². The van der Waals surface area contributed by atoms with Crippen molar-refractivity contribution >= 4 is 40.9 Å². The first-order chi connectivity index (χ1) is 29.3. The average molecular weight is 838 g/mol. The Morgan fingerprint density at radius 3 is 1.95 bits per heavy atom. The number of nitrogens with one attached hydrogen (secondary N) is 2. The van der Waals surface area contributed by atoms with Gasteiger partial charge >= 0.3 is 17.9 Å². The number of esters is 3. The Morgan fingerprint density at radius 2 is 1.34 bits per heavy atom. The number of aromatic amines is 1. The minimum absolute atomic E-state index is 0.00176. The molecule has 5 aromatic rings. The van der Waals surface area contributed by atoms with Crippen LogP contribution in [0.25, 0.3) is 11.2 Å². The van der Waals surface area contributed by atoms with Crippen molar-refractivity contribution < 1.29 is 57.1 Å². The van der Waals surface area contributed by atoms with Crippen LogP contribution in [0.3, 0.4) is 0 Å². The third-order valence-electron chi connectivity index (χ3n) is 10.2. The number of carbonyl (C=O) groups excluding carboxylic acids is 4. The number of hydrogen-bond donors (Lipinski definition) is 2. The van der Waals surface area contributed by atoms with E-state index in [9.17, 15) is 24.0 Å². The van der Waals surface area contributed by atoms with E-state index in [0.29, 0.717) is 0 Å². The molecule has 3 aliphatic heterocycles. The molecular formula is C43H43N5O13. The Bertz CT molecular complexity index is 2440. The highest BCUT2D eigenvalue weighted by Gasteiger charge is 2.57. The van der Waals surface area contributed by atoms with Gasteiger partial charge in [-0.15, -0.1) is 0 Å². The number of fused-ring (bicyclic) bond motifs is 2. The zero-order valence-corrected chi connectivity index (χ0v) is 33.5. The molecule has 5 heterocycles. The fourth-order valence-corrected chi connectivity index (χ4v) is 7.21. The number of rotatable bonds is 13. The smallest absolute Gasteiger partial charge is 0.338 e. The van der Waals surface area contributed by atoms with Gasteiger partial charge in [-0.05, 0) is 50.2 Å². The summed E-state index contributed by atoms with van der Waals surface area (Å²) in [5.74, 6) is -4.04. The largest absolute Gasteiger partial charge is 0.459 e. The Hall–Kier alpha value is -6.31. The zero-order valence-electron chi connectivity index (χ0n) is 33.5. The molecule has 3 fully saturated rings. The summed E-state index contributed by atoms with van der Waals surface area (Å²) < 4.78 is 51.0. The molecule has 18 heteroatoms. The second kappa shape index (κ2) is 17.3. The first-order valence-corrected chi connectivity index (χ1v) is 19.7. The molecule has 2 N–H and O–H groups in total. The molecule has 0 bridgehead atoms. The number of anilines is 1. The summed E-state index contributed by atoms with van der Waals surface area (Å²) in [6, 6.07) is 24.7. The Labute approximate surface area is 348 Å². The van der Waals surface area contributed by atoms with Crippen LogP contribution in [0.1, 0.15) is 65.0 Å². The molecule has 8 rings (SSSR count). The lowest BCUT2D eigenvalue weighted by Crippen LogP contribution is -2.43. The third-order valence-corrected chi connectivity index (χ3v) is 10.2. The summed E-state index contributed by atoms with van der Waals surface area (Å²) in [4.78, 5) is 77.0. The number of nitrogens with zero attached hydrogens (tertiary/aromatic N) is 3. The van der Waals surface area contributed by atoms with Crippen LogP contribution < -0.4 is 10.9 Å². The van der Waals surface area contributed by atoms with Crippen molar-refractivity contribution in [1.82, 2.24) is 19.5 Å². The summed E-state index contributed by atoms with van der Waals surface area (Å²) >= 11 is 0. The molecule has 2 aromatic heterocycles. The Morgan fingerprint density at radius 1 is 0.770 bits per heavy atom. The number of imidazole rings is 1. The van der Waals surface area contributed by atoms with Gasteiger partial charge in [0.15, 0.2) is 41.7 Å². The van der Waals surface area contributed by atoms with Crippen molar-refractivity contribution in [1.29, 1.82) is 0 Å². The van der Waals surface area contributed by atoms with E-state index >= 15 is 0 Å². The second-order valence-electron chi connectivity index (χ2n) is 15.3. The number of aromatic nitrogens is 4. The molecule has 3 aromatic carbocycles. The minimum Gasteiger partial charge on any atom is -0.459 e. The van der Waals surface area contributed by atoms with E-state index in [1.807, 2.05) is 0 Å². The summed E-state index contributed by atoms with van der Waals surface area (Å²) in [7, 11) is 0. The molecule has 0 aliphatic carbocycles. The van der Waals surface area contributed by atoms with Crippen LogP contribution >= 0.6 is 0 Å². The maximum atomic E-state index is 13.6. The van der Waals surface area contributed by atoms with Crippen molar-refractivity contribution in [3.05, 3.63) is 124 Å². The zero-order chi connectivity index (χ0) is 42.8. The van der Waals surface area contributed by atoms with E-state index in [4.69, 9.17) is 37.9 Å². The topological polar surface area (TPSA) is 218 Å². The highest BCUT2D eigenvalue weighted by molar-refractivity contribution is 5.92. The predicted molar refractivity (Wildman–Crippen MR) is 212 cm³/mol. The lowest BCUT2D eigenvalue weighted by molar-refractivity contribution is -0.220. The van der Waals surface area contributed by atoms with Gasteiger partial charge in [0.25, 0.3) is 5.56 Å². The van der Waals surface area contributed by atoms with Crippen molar-refractivity contribution in [3.63, 3.8) is 0 Å². The fourth-order valence-electron chi connectivity index (χ4n) is 7.21. The van der Waals surface area contributed by atoms with Crippen LogP contribution in [0.15, 0.2) is 102 Å². The molecule has 3 aliphatic rings.